The fourth-order valence-electron chi connectivity index (χ4n) is 3.24. The number of likely N-dealkylation sites (tertiary alicyclic amines) is 1. The van der Waals surface area contributed by atoms with Gasteiger partial charge in [0.2, 0.25) is 5.91 Å². The number of hydrogen-bond donors (Lipinski definition) is 2. The number of primary amides is 1. The van der Waals surface area contributed by atoms with Crippen molar-refractivity contribution in [2.24, 2.45) is 5.73 Å². The molecule has 0 radical (unpaired) electrons. The van der Waals surface area contributed by atoms with Crippen molar-refractivity contribution >= 4 is 11.9 Å². The summed E-state index contributed by atoms with van der Waals surface area (Å²) in [7, 11) is 0. The van der Waals surface area contributed by atoms with E-state index in [2.05, 4.69) is 17.1 Å². The summed E-state index contributed by atoms with van der Waals surface area (Å²) in [4.78, 5) is 29.3. The van der Waals surface area contributed by atoms with Gasteiger partial charge in [-0.1, -0.05) is 6.42 Å². The summed E-state index contributed by atoms with van der Waals surface area (Å²) < 4.78 is 0. The Kier molecular flexibility index (Phi) is 6.45. The molecule has 2 fully saturated rings. The number of piperazine rings is 1. The Hall–Kier alpha value is -1.34. The van der Waals surface area contributed by atoms with Crippen molar-refractivity contribution in [3.05, 3.63) is 0 Å². The summed E-state index contributed by atoms with van der Waals surface area (Å²) in [5, 5.41) is 3.01. The van der Waals surface area contributed by atoms with Crippen LogP contribution in [-0.2, 0) is 4.79 Å². The number of urea groups is 1. The zero-order valence-corrected chi connectivity index (χ0v) is 13.6. The molecule has 1 atom stereocenters. The van der Waals surface area contributed by atoms with E-state index in [1.54, 1.807) is 0 Å². The molecule has 22 heavy (non-hydrogen) atoms. The Morgan fingerprint density at radius 3 is 2.50 bits per heavy atom. The molecule has 2 saturated heterocycles. The fraction of sp³-hybridized carbons (Fsp3) is 0.867. The zero-order valence-electron chi connectivity index (χ0n) is 13.6. The third kappa shape index (κ3) is 5.14. The van der Waals surface area contributed by atoms with Crippen molar-refractivity contribution in [2.75, 3.05) is 52.4 Å². The standard InChI is InChI=1S/C15H29N5O2/c1-13-4-2-3-6-19(13)7-5-17-15(22)20-10-8-18(9-11-20)12-14(16)21/h13H,2-12H2,1H3,(H2,16,21)(H,17,22). The largest absolute Gasteiger partial charge is 0.369 e. The predicted molar refractivity (Wildman–Crippen MR) is 85.5 cm³/mol. The monoisotopic (exact) mass is 311 g/mol. The van der Waals surface area contributed by atoms with Crippen LogP contribution in [0.25, 0.3) is 0 Å². The molecule has 0 spiro atoms. The first-order valence-corrected chi connectivity index (χ1v) is 8.34. The van der Waals surface area contributed by atoms with E-state index in [9.17, 15) is 9.59 Å². The normalized spacial score (nSPS) is 24.2. The summed E-state index contributed by atoms with van der Waals surface area (Å²) in [5.41, 5.74) is 5.19. The van der Waals surface area contributed by atoms with Gasteiger partial charge in [-0.25, -0.2) is 4.79 Å². The first kappa shape index (κ1) is 17.0. The van der Waals surface area contributed by atoms with Crippen LogP contribution in [0, 0.1) is 0 Å². The highest BCUT2D eigenvalue weighted by atomic mass is 16.2. The molecule has 0 bridgehead atoms. The van der Waals surface area contributed by atoms with E-state index in [-0.39, 0.29) is 18.5 Å². The van der Waals surface area contributed by atoms with Crippen LogP contribution in [-0.4, -0.2) is 85.0 Å². The lowest BCUT2D eigenvalue weighted by Gasteiger charge is -2.35. The molecule has 0 aromatic carbocycles. The zero-order chi connectivity index (χ0) is 15.9. The molecule has 2 rings (SSSR count). The summed E-state index contributed by atoms with van der Waals surface area (Å²) in [6, 6.07) is 0.631. The third-order valence-corrected chi connectivity index (χ3v) is 4.65. The van der Waals surface area contributed by atoms with Gasteiger partial charge in [0.25, 0.3) is 0 Å². The minimum absolute atomic E-state index is 0.00314. The molecule has 0 saturated carbocycles. The number of piperidine rings is 1. The van der Waals surface area contributed by atoms with E-state index in [0.717, 1.165) is 13.1 Å². The van der Waals surface area contributed by atoms with Gasteiger partial charge in [0.15, 0.2) is 0 Å². The molecule has 0 aromatic rings. The highest BCUT2D eigenvalue weighted by Gasteiger charge is 2.22. The number of rotatable bonds is 5. The van der Waals surface area contributed by atoms with Crippen molar-refractivity contribution in [2.45, 2.75) is 32.2 Å². The molecule has 1 unspecified atom stereocenters. The molecule has 0 aliphatic carbocycles. The van der Waals surface area contributed by atoms with Gasteiger partial charge >= 0.3 is 6.03 Å². The van der Waals surface area contributed by atoms with Gasteiger partial charge in [-0.2, -0.15) is 0 Å². The highest BCUT2D eigenvalue weighted by Crippen LogP contribution is 2.15. The predicted octanol–water partition coefficient (Wildman–Crippen LogP) is -0.327. The Labute approximate surface area is 132 Å². The van der Waals surface area contributed by atoms with Crippen molar-refractivity contribution in [1.29, 1.82) is 0 Å². The average molecular weight is 311 g/mol. The van der Waals surface area contributed by atoms with E-state index in [1.165, 1.54) is 19.3 Å². The van der Waals surface area contributed by atoms with Gasteiger partial charge in [-0.3, -0.25) is 14.6 Å². The molecule has 7 heteroatoms. The Morgan fingerprint density at radius 2 is 1.86 bits per heavy atom. The minimum atomic E-state index is -0.312. The second-order valence-corrected chi connectivity index (χ2v) is 6.34. The van der Waals surface area contributed by atoms with Crippen LogP contribution in [0.2, 0.25) is 0 Å². The van der Waals surface area contributed by atoms with Crippen LogP contribution in [0.5, 0.6) is 0 Å². The van der Waals surface area contributed by atoms with Crippen LogP contribution in [0.3, 0.4) is 0 Å². The Morgan fingerprint density at radius 1 is 1.14 bits per heavy atom. The lowest BCUT2D eigenvalue weighted by molar-refractivity contribution is -0.119. The first-order valence-electron chi connectivity index (χ1n) is 8.34. The number of nitrogens with zero attached hydrogens (tertiary/aromatic N) is 3. The molecule has 126 valence electrons. The van der Waals surface area contributed by atoms with Crippen molar-refractivity contribution in [1.82, 2.24) is 20.0 Å². The second kappa shape index (κ2) is 8.33. The van der Waals surface area contributed by atoms with Crippen LogP contribution in [0.4, 0.5) is 4.79 Å². The Bertz CT molecular complexity index is 382. The first-order chi connectivity index (χ1) is 10.6. The van der Waals surface area contributed by atoms with Gasteiger partial charge in [-0.05, 0) is 26.3 Å². The second-order valence-electron chi connectivity index (χ2n) is 6.34. The number of carbonyl (C=O) groups is 2. The summed E-state index contributed by atoms with van der Waals surface area (Å²) in [6.45, 7) is 8.03. The summed E-state index contributed by atoms with van der Waals surface area (Å²) in [6.07, 6.45) is 3.84. The van der Waals surface area contributed by atoms with Crippen LogP contribution >= 0.6 is 0 Å². The number of carbonyl (C=O) groups excluding carboxylic acids is 2. The van der Waals surface area contributed by atoms with Gasteiger partial charge in [0.1, 0.15) is 0 Å². The number of hydrogen-bond acceptors (Lipinski definition) is 4. The molecule has 7 nitrogen and oxygen atoms in total. The third-order valence-electron chi connectivity index (χ3n) is 4.65. The van der Waals surface area contributed by atoms with Gasteiger partial charge < -0.3 is 16.0 Å². The number of nitrogens with one attached hydrogen (secondary N) is 1. The quantitative estimate of drug-likeness (QED) is 0.729. The van der Waals surface area contributed by atoms with E-state index < -0.39 is 0 Å². The fourth-order valence-corrected chi connectivity index (χ4v) is 3.24. The maximum absolute atomic E-state index is 12.1. The summed E-state index contributed by atoms with van der Waals surface area (Å²) >= 11 is 0. The molecule has 3 N–H and O–H groups in total. The van der Waals surface area contributed by atoms with E-state index >= 15 is 0 Å². The molecule has 0 aromatic heterocycles. The molecular formula is C15H29N5O2. The SMILES string of the molecule is CC1CCCCN1CCNC(=O)N1CCN(CC(N)=O)CC1. The Balaban J connectivity index is 1.62. The smallest absolute Gasteiger partial charge is 0.317 e. The highest BCUT2D eigenvalue weighted by molar-refractivity contribution is 5.76. The van der Waals surface area contributed by atoms with Crippen molar-refractivity contribution in [3.63, 3.8) is 0 Å². The van der Waals surface area contributed by atoms with Crippen LogP contribution in [0.1, 0.15) is 26.2 Å². The van der Waals surface area contributed by atoms with E-state index in [1.807, 2.05) is 9.80 Å². The van der Waals surface area contributed by atoms with Gasteiger partial charge in [0.05, 0.1) is 6.54 Å². The summed E-state index contributed by atoms with van der Waals surface area (Å²) in [5.74, 6) is -0.312. The van der Waals surface area contributed by atoms with E-state index in [4.69, 9.17) is 5.73 Å². The average Bonchev–Trinajstić information content (AvgIpc) is 2.49. The van der Waals surface area contributed by atoms with Gasteiger partial charge in [0, 0.05) is 45.3 Å². The maximum Gasteiger partial charge on any atom is 0.317 e. The molecule has 2 aliphatic rings. The molecular weight excluding hydrogens is 282 g/mol. The number of amides is 3. The van der Waals surface area contributed by atoms with E-state index in [0.29, 0.717) is 38.8 Å². The van der Waals surface area contributed by atoms with Crippen LogP contribution in [0.15, 0.2) is 0 Å². The molecule has 3 amide bonds. The molecule has 2 aliphatic heterocycles. The topological polar surface area (TPSA) is 81.9 Å². The lowest BCUT2D eigenvalue weighted by Crippen LogP contribution is -2.54. The number of nitrogens with two attached hydrogens (primary N) is 1. The van der Waals surface area contributed by atoms with Gasteiger partial charge in [-0.15, -0.1) is 0 Å². The van der Waals surface area contributed by atoms with Crippen molar-refractivity contribution in [3.8, 4) is 0 Å². The van der Waals surface area contributed by atoms with Crippen molar-refractivity contribution < 1.29 is 9.59 Å². The maximum atomic E-state index is 12.1. The van der Waals surface area contributed by atoms with Crippen LogP contribution < -0.4 is 11.1 Å². The molecule has 2 heterocycles. The minimum Gasteiger partial charge on any atom is -0.369 e. The lowest BCUT2D eigenvalue weighted by atomic mass is 10.0.